The van der Waals surface area contributed by atoms with E-state index >= 15 is 0 Å². The minimum atomic E-state index is -3.63. The van der Waals surface area contributed by atoms with Gasteiger partial charge in [-0.3, -0.25) is 9.48 Å². The van der Waals surface area contributed by atoms with Crippen molar-refractivity contribution >= 4 is 27.5 Å². The number of hydrogen-bond donors (Lipinski definition) is 2. The lowest BCUT2D eigenvalue weighted by atomic mass is 10.2. The number of amides is 1. The molecule has 0 fully saturated rings. The van der Waals surface area contributed by atoms with Crippen molar-refractivity contribution in [1.82, 2.24) is 19.8 Å². The van der Waals surface area contributed by atoms with Gasteiger partial charge >= 0.3 is 0 Å². The van der Waals surface area contributed by atoms with Crippen LogP contribution in [0.1, 0.15) is 29.4 Å². The molecule has 0 saturated carbocycles. The summed E-state index contributed by atoms with van der Waals surface area (Å²) in [6, 6.07) is 5.87. The molecule has 2 aromatic rings. The molecule has 25 heavy (non-hydrogen) atoms. The van der Waals surface area contributed by atoms with E-state index in [1.54, 1.807) is 17.8 Å². The van der Waals surface area contributed by atoms with Crippen LogP contribution < -0.4 is 10.0 Å². The fourth-order valence-corrected chi connectivity index (χ4v) is 3.40. The lowest BCUT2D eigenvalue weighted by Gasteiger charge is -2.08. The van der Waals surface area contributed by atoms with Crippen molar-refractivity contribution in [2.24, 2.45) is 0 Å². The van der Waals surface area contributed by atoms with Gasteiger partial charge in [0.05, 0.1) is 16.2 Å². The number of rotatable bonds is 8. The smallest absolute Gasteiger partial charge is 0.254 e. The van der Waals surface area contributed by atoms with Gasteiger partial charge in [0.15, 0.2) is 0 Å². The lowest BCUT2D eigenvalue weighted by Crippen LogP contribution is -2.34. The van der Waals surface area contributed by atoms with E-state index in [1.165, 1.54) is 24.3 Å². The molecule has 0 unspecified atom stereocenters. The molecule has 136 valence electrons. The Morgan fingerprint density at radius 2 is 1.92 bits per heavy atom. The summed E-state index contributed by atoms with van der Waals surface area (Å²) in [5, 5.41) is 7.42. The molecule has 1 aromatic carbocycles. The number of sulfonamides is 1. The van der Waals surface area contributed by atoms with Crippen LogP contribution >= 0.6 is 11.6 Å². The second kappa shape index (κ2) is 8.46. The summed E-state index contributed by atoms with van der Waals surface area (Å²) in [7, 11) is -3.63. The Kier molecular flexibility index (Phi) is 6.57. The minimum absolute atomic E-state index is 0.0822. The second-order valence-corrected chi connectivity index (χ2v) is 7.70. The topological polar surface area (TPSA) is 93.1 Å². The van der Waals surface area contributed by atoms with Crippen molar-refractivity contribution in [1.29, 1.82) is 0 Å². The Hall–Kier alpha value is -1.90. The molecular weight excluding hydrogens is 364 g/mol. The van der Waals surface area contributed by atoms with Gasteiger partial charge < -0.3 is 5.32 Å². The summed E-state index contributed by atoms with van der Waals surface area (Å²) in [5.41, 5.74) is 1.14. The van der Waals surface area contributed by atoms with Crippen molar-refractivity contribution < 1.29 is 13.2 Å². The van der Waals surface area contributed by atoms with Gasteiger partial charge in [-0.25, -0.2) is 13.1 Å². The molecule has 0 spiro atoms. The summed E-state index contributed by atoms with van der Waals surface area (Å²) < 4.78 is 28.4. The molecule has 9 heteroatoms. The molecule has 0 aliphatic rings. The van der Waals surface area contributed by atoms with Crippen molar-refractivity contribution in [2.75, 3.05) is 13.1 Å². The quantitative estimate of drug-likeness (QED) is 0.680. The van der Waals surface area contributed by atoms with Gasteiger partial charge in [0.2, 0.25) is 10.0 Å². The van der Waals surface area contributed by atoms with E-state index in [0.29, 0.717) is 16.3 Å². The Balaban J connectivity index is 1.86. The monoisotopic (exact) mass is 384 g/mol. The molecule has 2 rings (SSSR count). The molecule has 1 amide bonds. The fraction of sp³-hybridized carbons (Fsp3) is 0.375. The molecule has 1 aromatic heterocycles. The van der Waals surface area contributed by atoms with Gasteiger partial charge in [0.25, 0.3) is 5.91 Å². The van der Waals surface area contributed by atoms with E-state index in [9.17, 15) is 13.2 Å². The van der Waals surface area contributed by atoms with Gasteiger partial charge in [-0.1, -0.05) is 18.5 Å². The van der Waals surface area contributed by atoms with Crippen LogP contribution in [0.2, 0.25) is 5.02 Å². The Labute approximate surface area is 152 Å². The summed E-state index contributed by atoms with van der Waals surface area (Å²) >= 11 is 5.75. The average Bonchev–Trinajstić information content (AvgIpc) is 2.93. The lowest BCUT2D eigenvalue weighted by molar-refractivity contribution is 0.0953. The third-order valence-electron chi connectivity index (χ3n) is 3.47. The van der Waals surface area contributed by atoms with Crippen LogP contribution in [-0.2, 0) is 16.6 Å². The van der Waals surface area contributed by atoms with Gasteiger partial charge in [0, 0.05) is 30.9 Å². The first kappa shape index (κ1) is 19.4. The van der Waals surface area contributed by atoms with Crippen molar-refractivity contribution in [3.8, 4) is 0 Å². The highest BCUT2D eigenvalue weighted by atomic mass is 35.5. The maximum Gasteiger partial charge on any atom is 0.254 e. The van der Waals surface area contributed by atoms with Gasteiger partial charge in [-0.15, -0.1) is 0 Å². The van der Waals surface area contributed by atoms with Crippen LogP contribution in [0.15, 0.2) is 35.4 Å². The first-order chi connectivity index (χ1) is 11.8. The molecule has 1 heterocycles. The number of halogens is 1. The van der Waals surface area contributed by atoms with Gasteiger partial charge in [-0.05, 0) is 37.6 Å². The number of aryl methyl sites for hydroxylation is 2. The zero-order valence-corrected chi connectivity index (χ0v) is 15.7. The number of carbonyl (C=O) groups is 1. The van der Waals surface area contributed by atoms with E-state index < -0.39 is 10.0 Å². The second-order valence-electron chi connectivity index (χ2n) is 5.50. The van der Waals surface area contributed by atoms with Crippen LogP contribution in [0.25, 0.3) is 0 Å². The number of benzene rings is 1. The number of aromatic nitrogens is 2. The van der Waals surface area contributed by atoms with Crippen molar-refractivity contribution in [3.05, 3.63) is 46.7 Å². The molecule has 0 aliphatic carbocycles. The Morgan fingerprint density at radius 1 is 1.24 bits per heavy atom. The molecule has 0 radical (unpaired) electrons. The van der Waals surface area contributed by atoms with Crippen LogP contribution in [0, 0.1) is 6.92 Å². The molecule has 0 aliphatic heterocycles. The number of nitrogens with one attached hydrogen (secondary N) is 2. The highest BCUT2D eigenvalue weighted by Gasteiger charge is 2.15. The number of hydrogen-bond acceptors (Lipinski definition) is 4. The Bertz CT molecular complexity index is 832. The molecule has 0 saturated heterocycles. The van der Waals surface area contributed by atoms with Crippen LogP contribution in [0.3, 0.4) is 0 Å². The van der Waals surface area contributed by atoms with Crippen molar-refractivity contribution in [2.45, 2.75) is 31.7 Å². The van der Waals surface area contributed by atoms with E-state index in [1.807, 2.05) is 6.92 Å². The van der Waals surface area contributed by atoms with E-state index in [-0.39, 0.29) is 23.9 Å². The fourth-order valence-electron chi connectivity index (χ4n) is 2.24. The summed E-state index contributed by atoms with van der Waals surface area (Å²) in [5.74, 6) is -0.273. The maximum absolute atomic E-state index is 12.2. The predicted octanol–water partition coefficient (Wildman–Crippen LogP) is 1.96. The van der Waals surface area contributed by atoms with E-state index in [0.717, 1.165) is 13.0 Å². The molecule has 7 nitrogen and oxygen atoms in total. The number of carbonyl (C=O) groups excluding carboxylic acids is 1. The molecule has 2 N–H and O–H groups in total. The zero-order chi connectivity index (χ0) is 18.4. The molecule has 0 bridgehead atoms. The first-order valence-corrected chi connectivity index (χ1v) is 9.77. The third kappa shape index (κ3) is 5.29. The Morgan fingerprint density at radius 3 is 2.56 bits per heavy atom. The van der Waals surface area contributed by atoms with E-state index in [2.05, 4.69) is 15.1 Å². The van der Waals surface area contributed by atoms with Gasteiger partial charge in [0.1, 0.15) is 0 Å². The average molecular weight is 385 g/mol. The minimum Gasteiger partial charge on any atom is -0.351 e. The first-order valence-electron chi connectivity index (χ1n) is 7.91. The SMILES string of the molecule is CCCn1cc(C(=O)NCCNS(=O)(=O)c2ccc(Cl)cc2)c(C)n1. The molecule has 0 atom stereocenters. The maximum atomic E-state index is 12.2. The zero-order valence-electron chi connectivity index (χ0n) is 14.1. The van der Waals surface area contributed by atoms with Crippen LogP contribution in [0.4, 0.5) is 0 Å². The normalized spacial score (nSPS) is 11.5. The van der Waals surface area contributed by atoms with Crippen molar-refractivity contribution in [3.63, 3.8) is 0 Å². The van der Waals surface area contributed by atoms with Gasteiger partial charge in [-0.2, -0.15) is 5.10 Å². The van der Waals surface area contributed by atoms with E-state index in [4.69, 9.17) is 11.6 Å². The third-order valence-corrected chi connectivity index (χ3v) is 5.20. The summed E-state index contributed by atoms with van der Waals surface area (Å²) in [4.78, 5) is 12.3. The largest absolute Gasteiger partial charge is 0.351 e. The molecular formula is C16H21ClN4O3S. The predicted molar refractivity (Wildman–Crippen MR) is 96.2 cm³/mol. The number of nitrogens with zero attached hydrogens (tertiary/aromatic N) is 2. The van der Waals surface area contributed by atoms with Crippen LogP contribution in [0.5, 0.6) is 0 Å². The summed E-state index contributed by atoms with van der Waals surface area (Å²) in [6.45, 7) is 4.80. The highest BCUT2D eigenvalue weighted by molar-refractivity contribution is 7.89. The highest BCUT2D eigenvalue weighted by Crippen LogP contribution is 2.13. The van der Waals surface area contributed by atoms with Crippen LogP contribution in [-0.4, -0.2) is 37.2 Å². The standard InChI is InChI=1S/C16H21ClN4O3S/c1-3-10-21-11-15(12(2)20-21)16(22)18-8-9-19-25(23,24)14-6-4-13(17)5-7-14/h4-7,11,19H,3,8-10H2,1-2H3,(H,18,22). The summed E-state index contributed by atoms with van der Waals surface area (Å²) in [6.07, 6.45) is 2.63.